The summed E-state index contributed by atoms with van der Waals surface area (Å²) in [6.45, 7) is 0.789. The lowest BCUT2D eigenvalue weighted by molar-refractivity contribution is 0.0956. The van der Waals surface area contributed by atoms with Crippen LogP contribution in [0.15, 0.2) is 15.9 Å². The Labute approximate surface area is 106 Å². The van der Waals surface area contributed by atoms with E-state index in [4.69, 9.17) is 0 Å². The molecule has 1 saturated carbocycles. The van der Waals surface area contributed by atoms with Gasteiger partial charge in [0.05, 0.1) is 0 Å². The van der Waals surface area contributed by atoms with E-state index in [9.17, 15) is 4.79 Å². The zero-order valence-electron chi connectivity index (χ0n) is 8.38. The van der Waals surface area contributed by atoms with E-state index in [2.05, 4.69) is 27.5 Å². The molecular formula is C10H12BrNOS2. The largest absolute Gasteiger partial charge is 0.350 e. The summed E-state index contributed by atoms with van der Waals surface area (Å²) in [7, 11) is 0. The number of carbonyl (C=O) groups is 1. The predicted molar refractivity (Wildman–Crippen MR) is 69.8 cm³/mol. The van der Waals surface area contributed by atoms with Gasteiger partial charge in [-0.05, 0) is 46.5 Å². The van der Waals surface area contributed by atoms with Crippen LogP contribution in [0.5, 0.6) is 0 Å². The van der Waals surface area contributed by atoms with Gasteiger partial charge in [-0.2, -0.15) is 11.8 Å². The zero-order valence-corrected chi connectivity index (χ0v) is 11.6. The fourth-order valence-corrected chi connectivity index (χ4v) is 3.56. The topological polar surface area (TPSA) is 29.1 Å². The fraction of sp³-hybridized carbons (Fsp3) is 0.500. The third kappa shape index (κ3) is 2.57. The lowest BCUT2D eigenvalue weighted by atomic mass is 10.4. The average Bonchev–Trinajstić information content (AvgIpc) is 2.91. The van der Waals surface area contributed by atoms with Crippen LogP contribution in [-0.4, -0.2) is 23.5 Å². The number of thioether (sulfide) groups is 1. The zero-order chi connectivity index (χ0) is 10.9. The van der Waals surface area contributed by atoms with Crippen molar-refractivity contribution in [2.24, 2.45) is 0 Å². The first-order chi connectivity index (χ1) is 7.17. The molecule has 0 radical (unpaired) electrons. The first-order valence-corrected chi connectivity index (χ1v) is 7.63. The fourth-order valence-electron chi connectivity index (χ4n) is 1.37. The number of halogens is 1. The van der Waals surface area contributed by atoms with Crippen LogP contribution in [0, 0.1) is 0 Å². The molecule has 0 aromatic carbocycles. The SMILES string of the molecule is CSC1(CNC(=O)c2sccc2Br)CC1. The van der Waals surface area contributed by atoms with Gasteiger partial charge < -0.3 is 5.32 Å². The maximum atomic E-state index is 11.8. The van der Waals surface area contributed by atoms with Gasteiger partial charge in [-0.1, -0.05) is 0 Å². The molecule has 1 amide bonds. The van der Waals surface area contributed by atoms with Gasteiger partial charge in [-0.25, -0.2) is 0 Å². The first kappa shape index (κ1) is 11.5. The Morgan fingerprint density at radius 1 is 1.73 bits per heavy atom. The number of carbonyl (C=O) groups excluding carboxylic acids is 1. The van der Waals surface area contributed by atoms with Gasteiger partial charge in [0.15, 0.2) is 0 Å². The van der Waals surface area contributed by atoms with Gasteiger partial charge >= 0.3 is 0 Å². The quantitative estimate of drug-likeness (QED) is 0.926. The molecule has 0 aliphatic heterocycles. The molecular weight excluding hydrogens is 294 g/mol. The highest BCUT2D eigenvalue weighted by atomic mass is 79.9. The summed E-state index contributed by atoms with van der Waals surface area (Å²) in [4.78, 5) is 12.5. The first-order valence-electron chi connectivity index (χ1n) is 4.73. The minimum Gasteiger partial charge on any atom is -0.350 e. The Bertz CT molecular complexity index is 373. The maximum Gasteiger partial charge on any atom is 0.262 e. The van der Waals surface area contributed by atoms with E-state index in [1.165, 1.54) is 24.2 Å². The summed E-state index contributed by atoms with van der Waals surface area (Å²) in [5, 5.41) is 4.92. The second kappa shape index (κ2) is 4.47. The smallest absolute Gasteiger partial charge is 0.262 e. The maximum absolute atomic E-state index is 11.8. The molecule has 0 spiro atoms. The van der Waals surface area contributed by atoms with Crippen molar-refractivity contribution in [2.45, 2.75) is 17.6 Å². The van der Waals surface area contributed by atoms with E-state index in [0.717, 1.165) is 15.9 Å². The monoisotopic (exact) mass is 305 g/mol. The predicted octanol–water partition coefficient (Wildman–Crippen LogP) is 3.14. The van der Waals surface area contributed by atoms with E-state index in [1.54, 1.807) is 0 Å². The van der Waals surface area contributed by atoms with E-state index < -0.39 is 0 Å². The molecule has 1 fully saturated rings. The molecule has 5 heteroatoms. The summed E-state index contributed by atoms with van der Waals surface area (Å²) >= 11 is 6.69. The van der Waals surface area contributed by atoms with Crippen molar-refractivity contribution in [1.29, 1.82) is 0 Å². The summed E-state index contributed by atoms with van der Waals surface area (Å²) in [6.07, 6.45) is 4.56. The highest BCUT2D eigenvalue weighted by Crippen LogP contribution is 2.46. The van der Waals surface area contributed by atoms with Crippen LogP contribution >= 0.6 is 39.0 Å². The normalized spacial score (nSPS) is 17.5. The molecule has 1 aliphatic rings. The number of thiophene rings is 1. The summed E-state index contributed by atoms with van der Waals surface area (Å²) in [5.74, 6) is 0.0391. The minimum absolute atomic E-state index is 0.0391. The lowest BCUT2D eigenvalue weighted by Gasteiger charge is -2.12. The van der Waals surface area contributed by atoms with E-state index in [-0.39, 0.29) is 5.91 Å². The standard InChI is InChI=1S/C10H12BrNOS2/c1-14-10(3-4-10)6-12-9(13)8-7(11)2-5-15-8/h2,5H,3-4,6H2,1H3,(H,12,13). The minimum atomic E-state index is 0.0391. The van der Waals surface area contributed by atoms with Gasteiger partial charge in [0.25, 0.3) is 5.91 Å². The van der Waals surface area contributed by atoms with Gasteiger partial charge in [0.1, 0.15) is 4.88 Å². The Balaban J connectivity index is 1.91. The second-order valence-corrected chi connectivity index (χ2v) is 6.71. The lowest BCUT2D eigenvalue weighted by Crippen LogP contribution is -2.31. The van der Waals surface area contributed by atoms with Gasteiger partial charge in [-0.3, -0.25) is 4.79 Å². The number of nitrogens with one attached hydrogen (secondary N) is 1. The molecule has 1 N–H and O–H groups in total. The van der Waals surface area contributed by atoms with E-state index in [1.807, 2.05) is 23.2 Å². The number of amides is 1. The van der Waals surface area contributed by atoms with Crippen LogP contribution < -0.4 is 5.32 Å². The molecule has 2 rings (SSSR count). The summed E-state index contributed by atoms with van der Waals surface area (Å²) in [5.41, 5.74) is 0. The highest BCUT2D eigenvalue weighted by Gasteiger charge is 2.42. The van der Waals surface area contributed by atoms with Gasteiger partial charge in [0, 0.05) is 15.8 Å². The van der Waals surface area contributed by atoms with Crippen molar-refractivity contribution in [3.63, 3.8) is 0 Å². The van der Waals surface area contributed by atoms with Crippen molar-refractivity contribution in [3.8, 4) is 0 Å². The number of rotatable bonds is 4. The number of hydrogen-bond acceptors (Lipinski definition) is 3. The Hall–Kier alpha value is -0.000000000000000111. The van der Waals surface area contributed by atoms with Crippen molar-refractivity contribution in [1.82, 2.24) is 5.32 Å². The molecule has 1 aliphatic carbocycles. The average molecular weight is 306 g/mol. The van der Waals surface area contributed by atoms with Crippen LogP contribution in [-0.2, 0) is 0 Å². The molecule has 2 nitrogen and oxygen atoms in total. The van der Waals surface area contributed by atoms with E-state index >= 15 is 0 Å². The van der Waals surface area contributed by atoms with E-state index in [0.29, 0.717) is 4.75 Å². The van der Waals surface area contributed by atoms with Crippen LogP contribution in [0.3, 0.4) is 0 Å². The summed E-state index contributed by atoms with van der Waals surface area (Å²) in [6, 6.07) is 1.90. The van der Waals surface area contributed by atoms with Crippen LogP contribution in [0.25, 0.3) is 0 Å². The molecule has 82 valence electrons. The van der Waals surface area contributed by atoms with Crippen molar-refractivity contribution < 1.29 is 4.79 Å². The van der Waals surface area contributed by atoms with Crippen molar-refractivity contribution >= 4 is 44.9 Å². The molecule has 0 saturated heterocycles. The van der Waals surface area contributed by atoms with Gasteiger partial charge in [-0.15, -0.1) is 11.3 Å². The Morgan fingerprint density at radius 2 is 2.47 bits per heavy atom. The molecule has 1 aromatic rings. The van der Waals surface area contributed by atoms with Crippen LogP contribution in [0.2, 0.25) is 0 Å². The third-order valence-corrected chi connectivity index (χ3v) is 5.89. The second-order valence-electron chi connectivity index (χ2n) is 3.67. The molecule has 0 atom stereocenters. The van der Waals surface area contributed by atoms with Crippen LogP contribution in [0.1, 0.15) is 22.5 Å². The van der Waals surface area contributed by atoms with Crippen molar-refractivity contribution in [3.05, 3.63) is 20.8 Å². The molecule has 0 unspecified atom stereocenters. The molecule has 0 bridgehead atoms. The molecule has 1 aromatic heterocycles. The molecule has 1 heterocycles. The number of hydrogen-bond donors (Lipinski definition) is 1. The summed E-state index contributed by atoms with van der Waals surface area (Å²) < 4.78 is 1.22. The Kier molecular flexibility index (Phi) is 3.42. The van der Waals surface area contributed by atoms with Crippen molar-refractivity contribution in [2.75, 3.05) is 12.8 Å². The van der Waals surface area contributed by atoms with Gasteiger partial charge in [0.2, 0.25) is 0 Å². The molecule has 15 heavy (non-hydrogen) atoms. The van der Waals surface area contributed by atoms with Crippen LogP contribution in [0.4, 0.5) is 0 Å². The Morgan fingerprint density at radius 3 is 2.93 bits per heavy atom. The third-order valence-electron chi connectivity index (χ3n) is 2.64. The highest BCUT2D eigenvalue weighted by molar-refractivity contribution is 9.10.